The van der Waals surface area contributed by atoms with E-state index in [0.717, 1.165) is 5.56 Å². The predicted octanol–water partition coefficient (Wildman–Crippen LogP) is 3.28. The van der Waals surface area contributed by atoms with Crippen molar-refractivity contribution in [3.63, 3.8) is 0 Å². The molecule has 0 saturated carbocycles. The van der Waals surface area contributed by atoms with Gasteiger partial charge in [-0.2, -0.15) is 0 Å². The average molecular weight is 236 g/mol. The summed E-state index contributed by atoms with van der Waals surface area (Å²) in [6.07, 6.45) is 0.591. The lowest BCUT2D eigenvalue weighted by Crippen LogP contribution is -1.94. The highest BCUT2D eigenvalue weighted by molar-refractivity contribution is 6.68. The first kappa shape index (κ1) is 10.9. The molecule has 1 aromatic carbocycles. The molecule has 2 rings (SSSR count). The maximum atomic E-state index is 11.3. The number of hydrogen-bond donors (Lipinski definition) is 0. The Kier molecular flexibility index (Phi) is 3.06. The lowest BCUT2D eigenvalue weighted by molar-refractivity contribution is 0.108. The van der Waals surface area contributed by atoms with Gasteiger partial charge in [-0.3, -0.25) is 4.79 Å². The second kappa shape index (κ2) is 4.49. The molecule has 0 saturated heterocycles. The van der Waals surface area contributed by atoms with Crippen LogP contribution >= 0.6 is 11.6 Å². The quantitative estimate of drug-likeness (QED) is 0.767. The Bertz CT molecular complexity index is 505. The van der Waals surface area contributed by atoms with Crippen molar-refractivity contribution < 1.29 is 9.32 Å². The SMILES string of the molecule is CCc1onc(-c2ccccc2)c1C(=O)Cl. The summed E-state index contributed by atoms with van der Waals surface area (Å²) in [7, 11) is 0. The van der Waals surface area contributed by atoms with Gasteiger partial charge < -0.3 is 4.52 Å². The van der Waals surface area contributed by atoms with Gasteiger partial charge >= 0.3 is 0 Å². The smallest absolute Gasteiger partial charge is 0.258 e. The van der Waals surface area contributed by atoms with Gasteiger partial charge in [-0.15, -0.1) is 0 Å². The molecule has 16 heavy (non-hydrogen) atoms. The Morgan fingerprint density at radius 3 is 2.62 bits per heavy atom. The molecule has 0 atom stereocenters. The minimum atomic E-state index is -0.531. The topological polar surface area (TPSA) is 43.1 Å². The van der Waals surface area contributed by atoms with Crippen molar-refractivity contribution in [1.29, 1.82) is 0 Å². The second-order valence-electron chi connectivity index (χ2n) is 3.32. The third-order valence-electron chi connectivity index (χ3n) is 2.33. The summed E-state index contributed by atoms with van der Waals surface area (Å²) in [5.74, 6) is 0.527. The van der Waals surface area contributed by atoms with Gasteiger partial charge in [-0.05, 0) is 11.6 Å². The molecule has 0 unspecified atom stereocenters. The van der Waals surface area contributed by atoms with Crippen LogP contribution in [0.1, 0.15) is 23.0 Å². The van der Waals surface area contributed by atoms with E-state index in [1.165, 1.54) is 0 Å². The van der Waals surface area contributed by atoms with Crippen molar-refractivity contribution in [2.45, 2.75) is 13.3 Å². The first-order valence-corrected chi connectivity index (χ1v) is 5.35. The van der Waals surface area contributed by atoms with Crippen molar-refractivity contribution >= 4 is 16.8 Å². The summed E-state index contributed by atoms with van der Waals surface area (Å²) < 4.78 is 5.11. The predicted molar refractivity (Wildman–Crippen MR) is 61.5 cm³/mol. The zero-order valence-electron chi connectivity index (χ0n) is 8.74. The van der Waals surface area contributed by atoms with E-state index < -0.39 is 5.24 Å². The van der Waals surface area contributed by atoms with E-state index in [2.05, 4.69) is 5.16 Å². The standard InChI is InChI=1S/C12H10ClNO2/c1-2-9-10(12(13)15)11(14-16-9)8-6-4-3-5-7-8/h3-7H,2H2,1H3. The van der Waals surface area contributed by atoms with Gasteiger partial charge in [0.1, 0.15) is 17.0 Å². The van der Waals surface area contributed by atoms with Gasteiger partial charge in [-0.25, -0.2) is 0 Å². The first-order chi connectivity index (χ1) is 7.74. The Hall–Kier alpha value is -1.61. The van der Waals surface area contributed by atoms with Gasteiger partial charge in [0, 0.05) is 12.0 Å². The number of rotatable bonds is 3. The van der Waals surface area contributed by atoms with Gasteiger partial charge in [0.05, 0.1) is 0 Å². The number of benzene rings is 1. The zero-order valence-corrected chi connectivity index (χ0v) is 9.49. The molecule has 2 aromatic rings. The van der Waals surface area contributed by atoms with Crippen LogP contribution in [0.25, 0.3) is 11.3 Å². The zero-order chi connectivity index (χ0) is 11.5. The van der Waals surface area contributed by atoms with Crippen LogP contribution in [0.4, 0.5) is 0 Å². The Morgan fingerprint density at radius 1 is 1.38 bits per heavy atom. The maximum Gasteiger partial charge on any atom is 0.258 e. The number of halogens is 1. The Labute approximate surface area is 98.0 Å². The molecular weight excluding hydrogens is 226 g/mol. The van der Waals surface area contributed by atoms with E-state index in [1.807, 2.05) is 37.3 Å². The first-order valence-electron chi connectivity index (χ1n) is 4.97. The lowest BCUT2D eigenvalue weighted by atomic mass is 10.1. The number of hydrogen-bond acceptors (Lipinski definition) is 3. The highest BCUT2D eigenvalue weighted by Gasteiger charge is 2.20. The molecule has 4 heteroatoms. The fourth-order valence-corrected chi connectivity index (χ4v) is 1.76. The molecule has 0 spiro atoms. The highest BCUT2D eigenvalue weighted by atomic mass is 35.5. The number of aryl methyl sites for hydroxylation is 1. The van der Waals surface area contributed by atoms with Crippen molar-refractivity contribution in [3.05, 3.63) is 41.7 Å². The molecule has 3 nitrogen and oxygen atoms in total. The van der Waals surface area contributed by atoms with Crippen LogP contribution in [0, 0.1) is 0 Å². The molecule has 0 bridgehead atoms. The molecular formula is C12H10ClNO2. The molecule has 1 heterocycles. The van der Waals surface area contributed by atoms with Crippen LogP contribution in [-0.2, 0) is 6.42 Å². The molecule has 82 valence electrons. The summed E-state index contributed by atoms with van der Waals surface area (Å²) in [5, 5.41) is 3.37. The van der Waals surface area contributed by atoms with Crippen molar-refractivity contribution in [3.8, 4) is 11.3 Å². The molecule has 0 aliphatic rings. The summed E-state index contributed by atoms with van der Waals surface area (Å²) >= 11 is 5.54. The molecule has 0 aliphatic carbocycles. The minimum Gasteiger partial charge on any atom is -0.360 e. The number of nitrogens with zero attached hydrogens (tertiary/aromatic N) is 1. The molecule has 0 N–H and O–H groups in total. The van der Waals surface area contributed by atoms with E-state index in [4.69, 9.17) is 16.1 Å². The van der Waals surface area contributed by atoms with Gasteiger partial charge in [0.25, 0.3) is 5.24 Å². The molecule has 0 fully saturated rings. The number of aromatic nitrogens is 1. The van der Waals surface area contributed by atoms with Crippen LogP contribution in [0.15, 0.2) is 34.9 Å². The van der Waals surface area contributed by atoms with E-state index in [9.17, 15) is 4.79 Å². The van der Waals surface area contributed by atoms with Crippen molar-refractivity contribution in [2.24, 2.45) is 0 Å². The van der Waals surface area contributed by atoms with Crippen molar-refractivity contribution in [1.82, 2.24) is 5.16 Å². The van der Waals surface area contributed by atoms with Crippen LogP contribution in [-0.4, -0.2) is 10.4 Å². The summed E-state index contributed by atoms with van der Waals surface area (Å²) in [6, 6.07) is 9.37. The number of carbonyl (C=O) groups excluding carboxylic acids is 1. The Morgan fingerprint density at radius 2 is 2.06 bits per heavy atom. The van der Waals surface area contributed by atoms with Crippen molar-refractivity contribution in [2.75, 3.05) is 0 Å². The lowest BCUT2D eigenvalue weighted by Gasteiger charge is -1.97. The summed E-state index contributed by atoms with van der Waals surface area (Å²) in [5.41, 5.74) is 1.71. The van der Waals surface area contributed by atoms with E-state index in [1.54, 1.807) is 0 Å². The third kappa shape index (κ3) is 1.86. The molecule has 1 aromatic heterocycles. The summed E-state index contributed by atoms with van der Waals surface area (Å²) in [4.78, 5) is 11.3. The van der Waals surface area contributed by atoms with E-state index in [-0.39, 0.29) is 0 Å². The number of carbonyl (C=O) groups is 1. The summed E-state index contributed by atoms with van der Waals surface area (Å²) in [6.45, 7) is 1.89. The third-order valence-corrected chi connectivity index (χ3v) is 2.52. The van der Waals surface area contributed by atoms with Crippen LogP contribution < -0.4 is 0 Å². The van der Waals surface area contributed by atoms with Gasteiger partial charge in [0.2, 0.25) is 0 Å². The Balaban J connectivity index is 2.58. The van der Waals surface area contributed by atoms with Crippen LogP contribution in [0.2, 0.25) is 0 Å². The average Bonchev–Trinajstić information content (AvgIpc) is 2.73. The van der Waals surface area contributed by atoms with E-state index in [0.29, 0.717) is 23.4 Å². The molecule has 0 radical (unpaired) electrons. The molecule has 0 amide bonds. The largest absolute Gasteiger partial charge is 0.360 e. The van der Waals surface area contributed by atoms with Crippen LogP contribution in [0.3, 0.4) is 0 Å². The van der Waals surface area contributed by atoms with E-state index >= 15 is 0 Å². The van der Waals surface area contributed by atoms with Crippen LogP contribution in [0.5, 0.6) is 0 Å². The maximum absolute atomic E-state index is 11.3. The monoisotopic (exact) mass is 235 g/mol. The van der Waals surface area contributed by atoms with Gasteiger partial charge in [-0.1, -0.05) is 42.4 Å². The highest BCUT2D eigenvalue weighted by Crippen LogP contribution is 2.26. The fourth-order valence-electron chi connectivity index (χ4n) is 1.56. The normalized spacial score (nSPS) is 10.4. The molecule has 0 aliphatic heterocycles. The second-order valence-corrected chi connectivity index (χ2v) is 3.67. The van der Waals surface area contributed by atoms with Gasteiger partial charge in [0.15, 0.2) is 0 Å². The minimum absolute atomic E-state index is 0.371. The fraction of sp³-hybridized carbons (Fsp3) is 0.167.